The quantitative estimate of drug-likeness (QED) is 0.193. The van der Waals surface area contributed by atoms with Gasteiger partial charge in [-0.25, -0.2) is 4.98 Å². The van der Waals surface area contributed by atoms with E-state index in [1.165, 1.54) is 28.9 Å². The molecule has 4 aromatic rings. The van der Waals surface area contributed by atoms with Crippen LogP contribution in [0.1, 0.15) is 36.6 Å². The second kappa shape index (κ2) is 11.4. The number of nitrogens with zero attached hydrogens (tertiary/aromatic N) is 2. The lowest BCUT2D eigenvalue weighted by molar-refractivity contribution is 0.415. The Morgan fingerprint density at radius 3 is 2.69 bits per heavy atom. The Morgan fingerprint density at radius 2 is 1.88 bits per heavy atom. The zero-order valence-electron chi connectivity index (χ0n) is 18.6. The molecule has 4 rings (SSSR count). The second-order valence-electron chi connectivity index (χ2n) is 7.59. The molecule has 4 nitrogen and oxygen atoms in total. The molecule has 0 fully saturated rings. The molecule has 0 amide bonds. The monoisotopic (exact) mass is 463 g/mol. The number of aryl methyl sites for hydroxylation is 1. The second-order valence-corrected chi connectivity index (χ2v) is 9.69. The maximum absolute atomic E-state index is 5.31. The van der Waals surface area contributed by atoms with E-state index in [2.05, 4.69) is 48.3 Å². The highest BCUT2D eigenvalue weighted by atomic mass is 32.2. The molecule has 2 aromatic heterocycles. The van der Waals surface area contributed by atoms with Gasteiger partial charge in [0.25, 0.3) is 0 Å². The maximum Gasteiger partial charge on any atom is 0.166 e. The van der Waals surface area contributed by atoms with Crippen molar-refractivity contribution >= 4 is 34.6 Å². The highest BCUT2D eigenvalue weighted by molar-refractivity contribution is 7.99. The molecule has 0 saturated carbocycles. The van der Waals surface area contributed by atoms with Crippen molar-refractivity contribution in [3.05, 3.63) is 77.6 Å². The number of hydrogen-bond acceptors (Lipinski definition) is 5. The minimum absolute atomic E-state index is 0.808. The van der Waals surface area contributed by atoms with Crippen LogP contribution in [0.4, 0.5) is 0 Å². The van der Waals surface area contributed by atoms with Gasteiger partial charge in [0.05, 0.1) is 23.8 Å². The first-order valence-electron chi connectivity index (χ1n) is 11.1. The molecule has 0 aliphatic carbocycles. The van der Waals surface area contributed by atoms with E-state index in [4.69, 9.17) is 14.7 Å². The van der Waals surface area contributed by atoms with Crippen molar-refractivity contribution in [1.82, 2.24) is 15.0 Å². The van der Waals surface area contributed by atoms with Gasteiger partial charge in [-0.15, -0.1) is 11.8 Å². The van der Waals surface area contributed by atoms with Crippen LogP contribution in [0.5, 0.6) is 5.75 Å². The number of fused-ring (bicyclic) bond motifs is 1. The summed E-state index contributed by atoms with van der Waals surface area (Å²) in [7, 11) is 1.68. The van der Waals surface area contributed by atoms with Crippen LogP contribution < -0.4 is 4.74 Å². The summed E-state index contributed by atoms with van der Waals surface area (Å²) in [6, 6.07) is 18.8. The van der Waals surface area contributed by atoms with E-state index in [-0.39, 0.29) is 0 Å². The first-order valence-corrected chi connectivity index (χ1v) is 13.0. The molecule has 2 heterocycles. The predicted octanol–water partition coefficient (Wildman–Crippen LogP) is 6.94. The largest absolute Gasteiger partial charge is 0.497 e. The lowest BCUT2D eigenvalue weighted by Gasteiger charge is -2.12. The van der Waals surface area contributed by atoms with Crippen LogP contribution in [-0.2, 0) is 18.6 Å². The van der Waals surface area contributed by atoms with Crippen LogP contribution in [0.3, 0.4) is 0 Å². The summed E-state index contributed by atoms with van der Waals surface area (Å²) in [6.07, 6.45) is 6.54. The molecule has 0 aliphatic rings. The number of unbranched alkanes of at least 4 members (excludes halogenated alkanes) is 1. The van der Waals surface area contributed by atoms with Gasteiger partial charge in [0.1, 0.15) is 5.75 Å². The molecule has 2 aromatic carbocycles. The van der Waals surface area contributed by atoms with Crippen molar-refractivity contribution < 1.29 is 4.74 Å². The van der Waals surface area contributed by atoms with Gasteiger partial charge in [-0.05, 0) is 60.8 Å². The summed E-state index contributed by atoms with van der Waals surface area (Å²) in [4.78, 5) is 14.2. The molecule has 0 bridgehead atoms. The molecule has 6 heteroatoms. The van der Waals surface area contributed by atoms with Crippen molar-refractivity contribution in [2.75, 3.05) is 12.9 Å². The molecule has 0 spiro atoms. The molecule has 1 N–H and O–H groups in total. The number of thioether (sulfide) groups is 2. The number of hydrogen-bond donors (Lipinski definition) is 1. The minimum Gasteiger partial charge on any atom is -0.497 e. The van der Waals surface area contributed by atoms with Crippen LogP contribution in [0, 0.1) is 0 Å². The first-order chi connectivity index (χ1) is 15.8. The van der Waals surface area contributed by atoms with E-state index >= 15 is 0 Å². The van der Waals surface area contributed by atoms with Gasteiger partial charge in [0.2, 0.25) is 0 Å². The maximum atomic E-state index is 5.31. The Kier molecular flexibility index (Phi) is 8.13. The van der Waals surface area contributed by atoms with Crippen molar-refractivity contribution in [2.24, 2.45) is 0 Å². The molecule has 166 valence electrons. The summed E-state index contributed by atoms with van der Waals surface area (Å²) < 4.78 is 5.31. The average molecular weight is 464 g/mol. The first kappa shape index (κ1) is 22.7. The molecular formula is C26H29N3OS2. The topological polar surface area (TPSA) is 50.8 Å². The number of ether oxygens (including phenoxy) is 1. The summed E-state index contributed by atoms with van der Waals surface area (Å²) >= 11 is 3.67. The van der Waals surface area contributed by atoms with Crippen molar-refractivity contribution in [2.45, 2.75) is 48.4 Å². The van der Waals surface area contributed by atoms with E-state index in [0.29, 0.717) is 0 Å². The summed E-state index contributed by atoms with van der Waals surface area (Å²) in [5.74, 6) is 2.78. The third-order valence-electron chi connectivity index (χ3n) is 5.43. The Labute approximate surface area is 198 Å². The summed E-state index contributed by atoms with van der Waals surface area (Å²) in [6.45, 7) is 2.22. The third-order valence-corrected chi connectivity index (χ3v) is 7.50. The molecule has 0 aliphatic heterocycles. The molecule has 0 saturated heterocycles. The molecule has 0 unspecified atom stereocenters. The lowest BCUT2D eigenvalue weighted by atomic mass is 10.1. The number of rotatable bonds is 11. The molecule has 0 radical (unpaired) electrons. The standard InChI is InChI=1S/C26H29N3OS2/c1-3-21-24(18-32-26-28-22-13-12-20(30-2)17-23(22)29-26)27-15-14-25(21)31-16-8-7-11-19-9-5-4-6-10-19/h4-6,9-10,12-15,17H,3,7-8,11,16,18H2,1-2H3,(H,28,29). The van der Waals surface area contributed by atoms with Crippen LogP contribution in [0.15, 0.2) is 70.8 Å². The average Bonchev–Trinajstić information content (AvgIpc) is 3.25. The number of aromatic amines is 1. The van der Waals surface area contributed by atoms with E-state index in [9.17, 15) is 0 Å². The third kappa shape index (κ3) is 5.87. The number of methoxy groups -OCH3 is 1. The van der Waals surface area contributed by atoms with E-state index in [0.717, 1.165) is 52.0 Å². The molecule has 0 atom stereocenters. The summed E-state index contributed by atoms with van der Waals surface area (Å²) in [5, 5.41) is 0.913. The Morgan fingerprint density at radius 1 is 1.00 bits per heavy atom. The summed E-state index contributed by atoms with van der Waals surface area (Å²) in [5.41, 5.74) is 5.90. The zero-order valence-corrected chi connectivity index (χ0v) is 20.3. The Balaban J connectivity index is 1.33. The number of imidazole rings is 1. The van der Waals surface area contributed by atoms with Gasteiger partial charge in [-0.1, -0.05) is 49.0 Å². The van der Waals surface area contributed by atoms with Crippen molar-refractivity contribution in [3.63, 3.8) is 0 Å². The lowest BCUT2D eigenvalue weighted by Crippen LogP contribution is -1.98. The van der Waals surface area contributed by atoms with Crippen LogP contribution in [-0.4, -0.2) is 27.8 Å². The van der Waals surface area contributed by atoms with E-state index in [1.54, 1.807) is 18.9 Å². The SMILES string of the molecule is CCc1c(SCCCCc2ccccc2)ccnc1CSc1nc2ccc(OC)cc2[nH]1. The van der Waals surface area contributed by atoms with Crippen LogP contribution >= 0.6 is 23.5 Å². The van der Waals surface area contributed by atoms with Gasteiger partial charge in [-0.3, -0.25) is 4.98 Å². The van der Waals surface area contributed by atoms with E-state index in [1.807, 2.05) is 36.2 Å². The molecular weight excluding hydrogens is 434 g/mol. The Bertz CT molecular complexity index is 1140. The number of aromatic nitrogens is 3. The number of H-pyrrole nitrogens is 1. The highest BCUT2D eigenvalue weighted by Crippen LogP contribution is 2.30. The predicted molar refractivity (Wildman–Crippen MR) is 136 cm³/mol. The van der Waals surface area contributed by atoms with E-state index < -0.39 is 0 Å². The van der Waals surface area contributed by atoms with Gasteiger partial charge in [0.15, 0.2) is 5.16 Å². The van der Waals surface area contributed by atoms with Crippen molar-refractivity contribution in [3.8, 4) is 5.75 Å². The van der Waals surface area contributed by atoms with Gasteiger partial charge in [0, 0.05) is 22.9 Å². The van der Waals surface area contributed by atoms with Crippen LogP contribution in [0.2, 0.25) is 0 Å². The van der Waals surface area contributed by atoms with Gasteiger partial charge < -0.3 is 9.72 Å². The van der Waals surface area contributed by atoms with Gasteiger partial charge in [-0.2, -0.15) is 0 Å². The fourth-order valence-corrected chi connectivity index (χ4v) is 5.74. The molecule has 32 heavy (non-hydrogen) atoms. The Hall–Kier alpha value is -2.44. The highest BCUT2D eigenvalue weighted by Gasteiger charge is 2.11. The zero-order chi connectivity index (χ0) is 22.2. The smallest absolute Gasteiger partial charge is 0.166 e. The minimum atomic E-state index is 0.808. The van der Waals surface area contributed by atoms with Gasteiger partial charge >= 0.3 is 0 Å². The fraction of sp³-hybridized carbons (Fsp3) is 0.308. The normalized spacial score (nSPS) is 11.2. The van der Waals surface area contributed by atoms with Crippen LogP contribution in [0.25, 0.3) is 11.0 Å². The number of benzene rings is 2. The fourth-order valence-electron chi connectivity index (χ4n) is 3.71. The van der Waals surface area contributed by atoms with Crippen molar-refractivity contribution in [1.29, 1.82) is 0 Å². The number of nitrogens with one attached hydrogen (secondary N) is 1. The number of pyridine rings is 1.